The Morgan fingerprint density at radius 1 is 1.62 bits per heavy atom. The van der Waals surface area contributed by atoms with E-state index in [1.807, 2.05) is 0 Å². The Morgan fingerprint density at radius 2 is 2.38 bits per heavy atom. The number of rotatable bonds is 5. The van der Waals surface area contributed by atoms with E-state index in [9.17, 15) is 4.79 Å². The minimum Gasteiger partial charge on any atom is -0.461 e. The maximum atomic E-state index is 11.3. The van der Waals surface area contributed by atoms with Gasteiger partial charge >= 0.3 is 5.97 Å². The Kier molecular flexibility index (Phi) is 5.19. The number of ether oxygens (including phenoxy) is 1. The first-order valence-electron chi connectivity index (χ1n) is 5.41. The lowest BCUT2D eigenvalue weighted by Crippen LogP contribution is -2.04. The molecule has 0 saturated heterocycles. The summed E-state index contributed by atoms with van der Waals surface area (Å²) in [7, 11) is 0. The summed E-state index contributed by atoms with van der Waals surface area (Å²) in [5.41, 5.74) is 0.416. The van der Waals surface area contributed by atoms with Gasteiger partial charge < -0.3 is 4.74 Å². The lowest BCUT2D eigenvalue weighted by atomic mass is 10.2. The Labute approximate surface area is 100 Å². The highest BCUT2D eigenvalue weighted by Gasteiger charge is 2.10. The second kappa shape index (κ2) is 6.43. The number of hydrogen-bond acceptors (Lipinski definition) is 4. The second-order valence-corrected chi connectivity index (χ2v) is 4.67. The molecule has 0 aromatic carbocycles. The third-order valence-electron chi connectivity index (χ3n) is 1.85. The molecule has 0 atom stereocenters. The van der Waals surface area contributed by atoms with Gasteiger partial charge in [-0.3, -0.25) is 0 Å². The number of hydrogen-bond donors (Lipinski definition) is 0. The lowest BCUT2D eigenvalue weighted by molar-refractivity contribution is 0.0520. The number of nitrogens with zero attached hydrogens (tertiary/aromatic N) is 1. The van der Waals surface area contributed by atoms with E-state index in [2.05, 4.69) is 31.0 Å². The molecule has 1 aromatic rings. The molecule has 88 valence electrons. The molecule has 0 aliphatic rings. The lowest BCUT2D eigenvalue weighted by Gasteiger charge is -1.96. The van der Waals surface area contributed by atoms with E-state index < -0.39 is 0 Å². The van der Waals surface area contributed by atoms with Crippen LogP contribution < -0.4 is 0 Å². The molecule has 0 aliphatic carbocycles. The van der Waals surface area contributed by atoms with Crippen LogP contribution in [-0.4, -0.2) is 17.6 Å². The van der Waals surface area contributed by atoms with E-state index in [0.717, 1.165) is 11.4 Å². The average Bonchev–Trinajstić information content (AvgIpc) is 2.66. The zero-order valence-corrected chi connectivity index (χ0v) is 10.7. The van der Waals surface area contributed by atoms with Crippen LogP contribution in [0.2, 0.25) is 0 Å². The largest absolute Gasteiger partial charge is 0.461 e. The fraction of sp³-hybridized carbons (Fsp3) is 0.500. The SMILES string of the molecule is CCOC(=O)c1csc(C/C=C/C(C)C)n1. The van der Waals surface area contributed by atoms with Gasteiger partial charge in [0.1, 0.15) is 0 Å². The van der Waals surface area contributed by atoms with Gasteiger partial charge in [-0.25, -0.2) is 9.78 Å². The van der Waals surface area contributed by atoms with E-state index >= 15 is 0 Å². The summed E-state index contributed by atoms with van der Waals surface area (Å²) in [5, 5.41) is 2.69. The molecule has 1 aromatic heterocycles. The van der Waals surface area contributed by atoms with Gasteiger partial charge in [0.15, 0.2) is 5.69 Å². The minimum absolute atomic E-state index is 0.335. The van der Waals surface area contributed by atoms with Crippen LogP contribution in [0.4, 0.5) is 0 Å². The number of carbonyl (C=O) groups excluding carboxylic acids is 1. The van der Waals surface area contributed by atoms with Crippen molar-refractivity contribution in [2.75, 3.05) is 6.61 Å². The van der Waals surface area contributed by atoms with Crippen molar-refractivity contribution in [3.8, 4) is 0 Å². The number of esters is 1. The van der Waals surface area contributed by atoms with Gasteiger partial charge in [-0.05, 0) is 12.8 Å². The molecular formula is C12H17NO2S. The van der Waals surface area contributed by atoms with Gasteiger partial charge in [0.05, 0.1) is 11.6 Å². The summed E-state index contributed by atoms with van der Waals surface area (Å²) in [6.07, 6.45) is 4.99. The molecular weight excluding hydrogens is 222 g/mol. The van der Waals surface area contributed by atoms with Crippen LogP contribution in [0.1, 0.15) is 36.3 Å². The summed E-state index contributed by atoms with van der Waals surface area (Å²) in [6.45, 7) is 6.43. The Hall–Kier alpha value is -1.16. The molecule has 4 heteroatoms. The predicted octanol–water partition coefficient (Wildman–Crippen LogP) is 3.07. The maximum Gasteiger partial charge on any atom is 0.357 e. The van der Waals surface area contributed by atoms with Crippen LogP contribution in [-0.2, 0) is 11.2 Å². The van der Waals surface area contributed by atoms with Gasteiger partial charge in [-0.15, -0.1) is 11.3 Å². The van der Waals surface area contributed by atoms with Crippen molar-refractivity contribution in [3.63, 3.8) is 0 Å². The van der Waals surface area contributed by atoms with Gasteiger partial charge in [0.25, 0.3) is 0 Å². The molecule has 0 aliphatic heterocycles. The third-order valence-corrected chi connectivity index (χ3v) is 2.72. The van der Waals surface area contributed by atoms with Gasteiger partial charge in [0.2, 0.25) is 0 Å². The smallest absolute Gasteiger partial charge is 0.357 e. The van der Waals surface area contributed by atoms with Crippen molar-refractivity contribution in [2.24, 2.45) is 5.92 Å². The van der Waals surface area contributed by atoms with Crippen LogP contribution in [0.5, 0.6) is 0 Å². The Balaban J connectivity index is 2.54. The fourth-order valence-corrected chi connectivity index (χ4v) is 1.88. The van der Waals surface area contributed by atoms with E-state index in [1.54, 1.807) is 12.3 Å². The highest BCUT2D eigenvalue weighted by Crippen LogP contribution is 2.12. The molecule has 1 heterocycles. The number of aromatic nitrogens is 1. The van der Waals surface area contributed by atoms with Crippen LogP contribution in [0.3, 0.4) is 0 Å². The molecule has 1 rings (SSSR count). The zero-order valence-electron chi connectivity index (χ0n) is 9.90. The minimum atomic E-state index is -0.335. The van der Waals surface area contributed by atoms with E-state index in [1.165, 1.54) is 11.3 Å². The molecule has 0 saturated carbocycles. The van der Waals surface area contributed by atoms with Crippen molar-refractivity contribution < 1.29 is 9.53 Å². The molecule has 0 bridgehead atoms. The van der Waals surface area contributed by atoms with E-state index in [-0.39, 0.29) is 5.97 Å². The monoisotopic (exact) mass is 239 g/mol. The first kappa shape index (κ1) is 12.9. The zero-order chi connectivity index (χ0) is 12.0. The molecule has 0 radical (unpaired) electrons. The number of thiazole rings is 1. The third kappa shape index (κ3) is 4.14. The molecule has 0 spiro atoms. The molecule has 0 unspecified atom stereocenters. The second-order valence-electron chi connectivity index (χ2n) is 3.72. The van der Waals surface area contributed by atoms with Crippen molar-refractivity contribution in [1.82, 2.24) is 4.98 Å². The molecule has 0 N–H and O–H groups in total. The van der Waals surface area contributed by atoms with Crippen molar-refractivity contribution in [3.05, 3.63) is 28.2 Å². The summed E-state index contributed by atoms with van der Waals surface area (Å²) in [5.74, 6) is 0.210. The van der Waals surface area contributed by atoms with Crippen LogP contribution in [0.25, 0.3) is 0 Å². The molecule has 0 fully saturated rings. The normalized spacial score (nSPS) is 11.2. The Bertz CT molecular complexity index is 369. The summed E-state index contributed by atoms with van der Waals surface area (Å²) < 4.78 is 4.87. The molecule has 0 amide bonds. The maximum absolute atomic E-state index is 11.3. The van der Waals surface area contributed by atoms with Gasteiger partial charge in [-0.2, -0.15) is 0 Å². The number of carbonyl (C=O) groups is 1. The highest BCUT2D eigenvalue weighted by molar-refractivity contribution is 7.09. The Morgan fingerprint density at radius 3 is 3.00 bits per heavy atom. The predicted molar refractivity (Wildman–Crippen MR) is 65.8 cm³/mol. The van der Waals surface area contributed by atoms with Crippen molar-refractivity contribution in [1.29, 1.82) is 0 Å². The van der Waals surface area contributed by atoms with Gasteiger partial charge in [-0.1, -0.05) is 26.0 Å². The first-order valence-corrected chi connectivity index (χ1v) is 6.29. The molecule has 16 heavy (non-hydrogen) atoms. The van der Waals surface area contributed by atoms with Crippen molar-refractivity contribution >= 4 is 17.3 Å². The van der Waals surface area contributed by atoms with Crippen molar-refractivity contribution in [2.45, 2.75) is 27.2 Å². The standard InChI is InChI=1S/C12H17NO2S/c1-4-15-12(14)10-8-16-11(13-10)7-5-6-9(2)3/h5-6,8-9H,4,7H2,1-3H3/b6-5+. The summed E-state index contributed by atoms with van der Waals surface area (Å²) in [4.78, 5) is 15.6. The van der Waals surface area contributed by atoms with Gasteiger partial charge in [0, 0.05) is 11.8 Å². The highest BCUT2D eigenvalue weighted by atomic mass is 32.1. The average molecular weight is 239 g/mol. The molecule has 3 nitrogen and oxygen atoms in total. The fourth-order valence-electron chi connectivity index (χ4n) is 1.14. The van der Waals surface area contributed by atoms with Crippen LogP contribution in [0.15, 0.2) is 17.5 Å². The van der Waals surface area contributed by atoms with Crippen LogP contribution >= 0.6 is 11.3 Å². The number of allylic oxidation sites excluding steroid dienone is 2. The topological polar surface area (TPSA) is 39.2 Å². The first-order chi connectivity index (χ1) is 7.63. The summed E-state index contributed by atoms with van der Waals surface area (Å²) in [6, 6.07) is 0. The van der Waals surface area contributed by atoms with Crippen LogP contribution in [0, 0.1) is 5.92 Å². The summed E-state index contributed by atoms with van der Waals surface area (Å²) >= 11 is 1.49. The van der Waals surface area contributed by atoms with E-state index in [0.29, 0.717) is 18.2 Å². The quantitative estimate of drug-likeness (QED) is 0.585. The van der Waals surface area contributed by atoms with E-state index in [4.69, 9.17) is 4.74 Å².